The number of carbonyl (C=O) groups is 3. The summed E-state index contributed by atoms with van der Waals surface area (Å²) in [6, 6.07) is 18.0. The van der Waals surface area contributed by atoms with Crippen LogP contribution in [0.3, 0.4) is 0 Å². The van der Waals surface area contributed by atoms with Crippen LogP contribution in [0.25, 0.3) is 6.08 Å². The number of nitrogens with zero attached hydrogens (tertiary/aromatic N) is 2. The summed E-state index contributed by atoms with van der Waals surface area (Å²) in [7, 11) is 0. The fraction of sp³-hybridized carbons (Fsp3) is 0.133. The van der Waals surface area contributed by atoms with Crippen molar-refractivity contribution in [1.82, 2.24) is 5.32 Å². The molecule has 1 heterocycles. The highest BCUT2D eigenvalue weighted by Gasteiger charge is 2.36. The van der Waals surface area contributed by atoms with Crippen LogP contribution in [0, 0.1) is 11.3 Å². The Hall–Kier alpha value is -4.87. The molecule has 3 aromatic carbocycles. The van der Waals surface area contributed by atoms with Gasteiger partial charge in [-0.25, -0.2) is 9.69 Å². The Kier molecular flexibility index (Phi) is 8.44. The molecule has 196 valence electrons. The third-order valence-electron chi connectivity index (χ3n) is 5.83. The number of benzene rings is 3. The summed E-state index contributed by atoms with van der Waals surface area (Å²) in [5, 5.41) is 12.1. The molecule has 0 atom stereocenters. The molecule has 1 aliphatic rings. The summed E-state index contributed by atoms with van der Waals surface area (Å²) < 4.78 is 12.0. The molecule has 0 radical (unpaired) electrons. The summed E-state index contributed by atoms with van der Waals surface area (Å²) in [6.45, 7) is 6.10. The quantitative estimate of drug-likeness (QED) is 0.215. The van der Waals surface area contributed by atoms with Crippen LogP contribution < -0.4 is 19.7 Å². The number of rotatable bonds is 9. The number of anilines is 1. The number of allylic oxidation sites excluding steroid dienone is 1. The number of hydrogen-bond acceptors (Lipinski definition) is 6. The van der Waals surface area contributed by atoms with E-state index in [4.69, 9.17) is 21.1 Å². The number of halogens is 1. The first-order valence-electron chi connectivity index (χ1n) is 12.0. The Labute approximate surface area is 230 Å². The summed E-state index contributed by atoms with van der Waals surface area (Å²) in [4.78, 5) is 39.4. The molecule has 1 N–H and O–H groups in total. The van der Waals surface area contributed by atoms with Gasteiger partial charge < -0.3 is 9.47 Å². The van der Waals surface area contributed by atoms with E-state index in [0.717, 1.165) is 10.5 Å². The standard InChI is InChI=1S/C30H24ClN3O5/c1-3-7-20-14-19(16-26(38-4-2)27(20)39-18-22-9-6-5-8-21(22)17-32)15-25-28(35)33-30(37)34(29(25)36)24-12-10-23(31)11-13-24/h3,5-6,8-16H,1,4,7,18H2,2H3,(H,33,35,37)/b25-15+. The zero-order valence-corrected chi connectivity index (χ0v) is 21.8. The number of nitrogens with one attached hydrogen (secondary N) is 1. The van der Waals surface area contributed by atoms with Gasteiger partial charge in [-0.1, -0.05) is 35.9 Å². The lowest BCUT2D eigenvalue weighted by molar-refractivity contribution is -0.122. The van der Waals surface area contributed by atoms with E-state index in [9.17, 15) is 19.6 Å². The van der Waals surface area contributed by atoms with Crippen molar-refractivity contribution >= 4 is 41.2 Å². The molecule has 1 saturated heterocycles. The lowest BCUT2D eigenvalue weighted by Gasteiger charge is -2.26. The number of barbiturate groups is 1. The van der Waals surface area contributed by atoms with Crippen LogP contribution in [-0.4, -0.2) is 24.5 Å². The lowest BCUT2D eigenvalue weighted by Crippen LogP contribution is -2.54. The van der Waals surface area contributed by atoms with Crippen molar-refractivity contribution in [1.29, 1.82) is 5.26 Å². The summed E-state index contributed by atoms with van der Waals surface area (Å²) in [5.74, 6) is -0.730. The van der Waals surface area contributed by atoms with E-state index in [1.807, 2.05) is 19.1 Å². The lowest BCUT2D eigenvalue weighted by atomic mass is 10.0. The third kappa shape index (κ3) is 6.00. The summed E-state index contributed by atoms with van der Waals surface area (Å²) in [5.41, 5.74) is 2.45. The van der Waals surface area contributed by atoms with Gasteiger partial charge in [0.1, 0.15) is 12.2 Å². The highest BCUT2D eigenvalue weighted by atomic mass is 35.5. The van der Waals surface area contributed by atoms with Gasteiger partial charge in [0.15, 0.2) is 11.5 Å². The first-order valence-corrected chi connectivity index (χ1v) is 12.4. The second-order valence-corrected chi connectivity index (χ2v) is 8.86. The zero-order valence-electron chi connectivity index (χ0n) is 21.1. The number of nitriles is 1. The van der Waals surface area contributed by atoms with Crippen molar-refractivity contribution in [2.75, 3.05) is 11.5 Å². The maximum atomic E-state index is 13.3. The SMILES string of the molecule is C=CCc1cc(/C=C2\C(=O)NC(=O)N(c3ccc(Cl)cc3)C2=O)cc(OCC)c1OCc1ccccc1C#N. The fourth-order valence-electron chi connectivity index (χ4n) is 4.05. The molecule has 4 amide bonds. The molecule has 0 aromatic heterocycles. The van der Waals surface area contributed by atoms with E-state index in [0.29, 0.717) is 46.2 Å². The minimum atomic E-state index is -0.853. The van der Waals surface area contributed by atoms with Crippen LogP contribution in [0.4, 0.5) is 10.5 Å². The van der Waals surface area contributed by atoms with Crippen LogP contribution in [0.2, 0.25) is 5.02 Å². The minimum Gasteiger partial charge on any atom is -0.490 e. The van der Waals surface area contributed by atoms with Crippen LogP contribution in [0.1, 0.15) is 29.2 Å². The highest BCUT2D eigenvalue weighted by molar-refractivity contribution is 6.39. The molecule has 0 bridgehead atoms. The molecule has 39 heavy (non-hydrogen) atoms. The third-order valence-corrected chi connectivity index (χ3v) is 6.08. The first-order chi connectivity index (χ1) is 18.9. The Bertz CT molecular complexity index is 1520. The van der Waals surface area contributed by atoms with Gasteiger partial charge >= 0.3 is 6.03 Å². The Morgan fingerprint density at radius 1 is 1.05 bits per heavy atom. The van der Waals surface area contributed by atoms with Crippen molar-refractivity contribution in [2.24, 2.45) is 0 Å². The number of carbonyl (C=O) groups excluding carboxylic acids is 3. The molecular formula is C30H24ClN3O5. The van der Waals surface area contributed by atoms with E-state index in [-0.39, 0.29) is 17.9 Å². The Morgan fingerprint density at radius 3 is 2.49 bits per heavy atom. The van der Waals surface area contributed by atoms with E-state index < -0.39 is 17.8 Å². The molecule has 0 saturated carbocycles. The molecule has 9 heteroatoms. The number of ether oxygens (including phenoxy) is 2. The van der Waals surface area contributed by atoms with E-state index in [1.165, 1.54) is 18.2 Å². The molecule has 0 spiro atoms. The van der Waals surface area contributed by atoms with Crippen LogP contribution >= 0.6 is 11.6 Å². The molecule has 1 fully saturated rings. The van der Waals surface area contributed by atoms with Gasteiger partial charge in [-0.15, -0.1) is 6.58 Å². The number of imide groups is 2. The molecule has 0 aliphatic carbocycles. The maximum absolute atomic E-state index is 13.3. The predicted molar refractivity (Wildman–Crippen MR) is 147 cm³/mol. The molecule has 8 nitrogen and oxygen atoms in total. The van der Waals surface area contributed by atoms with Crippen molar-refractivity contribution in [3.8, 4) is 17.6 Å². The van der Waals surface area contributed by atoms with E-state index >= 15 is 0 Å². The first kappa shape index (κ1) is 27.2. The van der Waals surface area contributed by atoms with Crippen molar-refractivity contribution in [2.45, 2.75) is 20.0 Å². The number of amides is 4. The smallest absolute Gasteiger partial charge is 0.335 e. The predicted octanol–water partition coefficient (Wildman–Crippen LogP) is 5.58. The van der Waals surface area contributed by atoms with Crippen molar-refractivity contribution < 1.29 is 23.9 Å². The fourth-order valence-corrected chi connectivity index (χ4v) is 4.18. The minimum absolute atomic E-state index is 0.132. The van der Waals surface area contributed by atoms with Crippen molar-refractivity contribution in [3.63, 3.8) is 0 Å². The monoisotopic (exact) mass is 541 g/mol. The van der Waals surface area contributed by atoms with Gasteiger partial charge in [-0.2, -0.15) is 5.26 Å². The van der Waals surface area contributed by atoms with E-state index in [2.05, 4.69) is 18.0 Å². The average Bonchev–Trinajstić information content (AvgIpc) is 2.92. The molecule has 1 aliphatic heterocycles. The van der Waals surface area contributed by atoms with E-state index in [1.54, 1.807) is 42.5 Å². The van der Waals surface area contributed by atoms with Crippen LogP contribution in [-0.2, 0) is 22.6 Å². The molecule has 3 aromatic rings. The van der Waals surface area contributed by atoms with Crippen LogP contribution in [0.15, 0.2) is 78.9 Å². The zero-order chi connectivity index (χ0) is 27.9. The molecule has 0 unspecified atom stereocenters. The highest BCUT2D eigenvalue weighted by Crippen LogP contribution is 2.36. The topological polar surface area (TPSA) is 109 Å². The maximum Gasteiger partial charge on any atom is 0.335 e. The van der Waals surface area contributed by atoms with Gasteiger partial charge in [0.2, 0.25) is 0 Å². The van der Waals surface area contributed by atoms with Gasteiger partial charge in [-0.05, 0) is 67.4 Å². The van der Waals surface area contributed by atoms with Crippen molar-refractivity contribution in [3.05, 3.63) is 106 Å². The molecule has 4 rings (SSSR count). The average molecular weight is 542 g/mol. The van der Waals surface area contributed by atoms with Crippen LogP contribution in [0.5, 0.6) is 11.5 Å². The number of hydrogen-bond donors (Lipinski definition) is 1. The second-order valence-electron chi connectivity index (χ2n) is 8.42. The largest absolute Gasteiger partial charge is 0.490 e. The normalized spacial score (nSPS) is 14.1. The Balaban J connectivity index is 1.73. The number of urea groups is 1. The van der Waals surface area contributed by atoms with Gasteiger partial charge in [0.25, 0.3) is 11.8 Å². The summed E-state index contributed by atoms with van der Waals surface area (Å²) in [6.07, 6.45) is 3.50. The summed E-state index contributed by atoms with van der Waals surface area (Å²) >= 11 is 5.94. The second kappa shape index (κ2) is 12.1. The van der Waals surface area contributed by atoms with Gasteiger partial charge in [0, 0.05) is 16.1 Å². The van der Waals surface area contributed by atoms with Gasteiger partial charge in [-0.3, -0.25) is 14.9 Å². The molecular weight excluding hydrogens is 518 g/mol. The van der Waals surface area contributed by atoms with Gasteiger partial charge in [0.05, 0.1) is 23.9 Å². The Morgan fingerprint density at radius 2 is 1.79 bits per heavy atom.